The Balaban J connectivity index is 1.67. The fourth-order valence-electron chi connectivity index (χ4n) is 3.04. The lowest BCUT2D eigenvalue weighted by atomic mass is 10.1. The van der Waals surface area contributed by atoms with E-state index in [1.54, 1.807) is 12.1 Å². The van der Waals surface area contributed by atoms with Crippen LogP contribution in [0.25, 0.3) is 0 Å². The predicted octanol–water partition coefficient (Wildman–Crippen LogP) is 2.39. The molecule has 6 nitrogen and oxygen atoms in total. The summed E-state index contributed by atoms with van der Waals surface area (Å²) >= 11 is 0. The molecule has 0 bridgehead atoms. The summed E-state index contributed by atoms with van der Waals surface area (Å²) < 4.78 is 28.4. The van der Waals surface area contributed by atoms with Gasteiger partial charge in [-0.15, -0.1) is 0 Å². The molecule has 0 aromatic heterocycles. The number of carbonyl (C=O) groups is 1. The molecular formula is C19H23N3O3S. The number of rotatable bonds is 5. The maximum Gasteiger partial charge on any atom is 0.282 e. The van der Waals surface area contributed by atoms with Crippen LogP contribution in [0.5, 0.6) is 0 Å². The lowest BCUT2D eigenvalue weighted by Gasteiger charge is -2.34. The normalized spacial score (nSPS) is 17.7. The van der Waals surface area contributed by atoms with Gasteiger partial charge in [-0.1, -0.05) is 48.0 Å². The van der Waals surface area contributed by atoms with E-state index in [1.165, 1.54) is 8.61 Å². The van der Waals surface area contributed by atoms with Gasteiger partial charge in [-0.25, -0.2) is 0 Å². The number of amides is 1. The van der Waals surface area contributed by atoms with Gasteiger partial charge in [0.2, 0.25) is 5.91 Å². The summed E-state index contributed by atoms with van der Waals surface area (Å²) in [6.45, 7) is 2.94. The molecule has 7 heteroatoms. The van der Waals surface area contributed by atoms with E-state index in [-0.39, 0.29) is 12.5 Å². The Morgan fingerprint density at radius 2 is 1.77 bits per heavy atom. The molecule has 0 saturated carbocycles. The minimum atomic E-state index is -3.66. The average molecular weight is 373 g/mol. The summed E-state index contributed by atoms with van der Waals surface area (Å²) in [7, 11) is -3.66. The van der Waals surface area contributed by atoms with Crippen LogP contribution in [0.15, 0.2) is 54.6 Å². The van der Waals surface area contributed by atoms with E-state index in [0.29, 0.717) is 31.7 Å². The maximum absolute atomic E-state index is 12.9. The number of hydrogen-bond donors (Lipinski definition) is 1. The Morgan fingerprint density at radius 3 is 2.50 bits per heavy atom. The molecule has 0 spiro atoms. The number of carbonyl (C=O) groups excluding carboxylic acids is 1. The zero-order chi connectivity index (χ0) is 18.6. The van der Waals surface area contributed by atoms with Crippen LogP contribution < -0.4 is 5.32 Å². The Labute approximate surface area is 154 Å². The fourth-order valence-corrected chi connectivity index (χ4v) is 4.67. The number of nitrogens with zero attached hydrogens (tertiary/aromatic N) is 2. The molecule has 0 unspecified atom stereocenters. The lowest BCUT2D eigenvalue weighted by Crippen LogP contribution is -2.51. The second-order valence-electron chi connectivity index (χ2n) is 6.43. The molecule has 1 heterocycles. The SMILES string of the molecule is Cc1cccc(CN2CCCN(CC(=O)Nc3ccccc3)S2(=O)=O)c1. The molecule has 0 aliphatic carbocycles. The molecule has 0 atom stereocenters. The summed E-state index contributed by atoms with van der Waals surface area (Å²) in [5, 5.41) is 2.74. The van der Waals surface area contributed by atoms with Gasteiger partial charge in [-0.05, 0) is 31.0 Å². The highest BCUT2D eigenvalue weighted by Crippen LogP contribution is 2.20. The summed E-state index contributed by atoms with van der Waals surface area (Å²) in [5.41, 5.74) is 2.70. The number of nitrogens with one attached hydrogen (secondary N) is 1. The van der Waals surface area contributed by atoms with Crippen molar-refractivity contribution in [1.29, 1.82) is 0 Å². The van der Waals surface area contributed by atoms with Gasteiger partial charge in [0.05, 0.1) is 6.54 Å². The lowest BCUT2D eigenvalue weighted by molar-refractivity contribution is -0.116. The van der Waals surface area contributed by atoms with Gasteiger partial charge in [0.15, 0.2) is 0 Å². The van der Waals surface area contributed by atoms with Crippen LogP contribution in [0.3, 0.4) is 0 Å². The standard InChI is InChI=1S/C19H23N3O3S/c1-16-7-5-8-17(13-16)14-21-11-6-12-22(26(21,24)25)15-19(23)20-18-9-3-2-4-10-18/h2-5,7-10,13H,6,11-12,14-15H2,1H3,(H,20,23). The second-order valence-corrected chi connectivity index (χ2v) is 8.36. The van der Waals surface area contributed by atoms with Crippen molar-refractivity contribution < 1.29 is 13.2 Å². The highest BCUT2D eigenvalue weighted by atomic mass is 32.2. The van der Waals surface area contributed by atoms with Crippen LogP contribution in [-0.2, 0) is 21.5 Å². The monoisotopic (exact) mass is 373 g/mol. The summed E-state index contributed by atoms with van der Waals surface area (Å²) in [6, 6.07) is 16.8. The Hall–Kier alpha value is -2.22. The quantitative estimate of drug-likeness (QED) is 0.875. The number of benzene rings is 2. The Kier molecular flexibility index (Phi) is 5.70. The van der Waals surface area contributed by atoms with Gasteiger partial charge >= 0.3 is 0 Å². The van der Waals surface area contributed by atoms with E-state index < -0.39 is 10.2 Å². The van der Waals surface area contributed by atoms with Crippen molar-refractivity contribution in [3.05, 3.63) is 65.7 Å². The van der Waals surface area contributed by atoms with Gasteiger partial charge in [0.1, 0.15) is 0 Å². The molecule has 138 valence electrons. The predicted molar refractivity (Wildman–Crippen MR) is 102 cm³/mol. The van der Waals surface area contributed by atoms with E-state index >= 15 is 0 Å². The minimum Gasteiger partial charge on any atom is -0.325 e. The number of para-hydroxylation sites is 1. The zero-order valence-corrected chi connectivity index (χ0v) is 15.6. The summed E-state index contributed by atoms with van der Waals surface area (Å²) in [6.07, 6.45) is 0.698. The molecule has 1 amide bonds. The van der Waals surface area contributed by atoms with Crippen LogP contribution in [0.4, 0.5) is 5.69 Å². The van der Waals surface area contributed by atoms with Crippen molar-refractivity contribution in [2.75, 3.05) is 25.0 Å². The molecule has 3 rings (SSSR count). The van der Waals surface area contributed by atoms with E-state index in [1.807, 2.05) is 49.4 Å². The number of hydrogen-bond acceptors (Lipinski definition) is 3. The molecule has 1 aliphatic heterocycles. The fraction of sp³-hybridized carbons (Fsp3) is 0.316. The van der Waals surface area contributed by atoms with Crippen LogP contribution >= 0.6 is 0 Å². The molecule has 1 saturated heterocycles. The largest absolute Gasteiger partial charge is 0.325 e. The molecule has 1 fully saturated rings. The first-order valence-corrected chi connectivity index (χ1v) is 10.0. The van der Waals surface area contributed by atoms with Crippen LogP contribution in [-0.4, -0.2) is 42.6 Å². The van der Waals surface area contributed by atoms with Crippen molar-refractivity contribution in [3.63, 3.8) is 0 Å². The first-order chi connectivity index (χ1) is 12.4. The van der Waals surface area contributed by atoms with Gasteiger partial charge in [-0.3, -0.25) is 4.79 Å². The topological polar surface area (TPSA) is 69.7 Å². The third-order valence-electron chi connectivity index (χ3n) is 4.29. The maximum atomic E-state index is 12.9. The minimum absolute atomic E-state index is 0.179. The molecule has 1 aliphatic rings. The third-order valence-corrected chi connectivity index (χ3v) is 6.22. The van der Waals surface area contributed by atoms with E-state index in [9.17, 15) is 13.2 Å². The summed E-state index contributed by atoms with van der Waals surface area (Å²) in [5.74, 6) is -0.336. The number of aryl methyl sites for hydroxylation is 1. The van der Waals surface area contributed by atoms with Crippen molar-refractivity contribution in [2.24, 2.45) is 0 Å². The van der Waals surface area contributed by atoms with Gasteiger partial charge in [0, 0.05) is 25.3 Å². The highest BCUT2D eigenvalue weighted by Gasteiger charge is 2.34. The van der Waals surface area contributed by atoms with Gasteiger partial charge in [0.25, 0.3) is 10.2 Å². The van der Waals surface area contributed by atoms with Gasteiger partial charge in [-0.2, -0.15) is 17.0 Å². The van der Waals surface area contributed by atoms with Crippen LogP contribution in [0, 0.1) is 6.92 Å². The van der Waals surface area contributed by atoms with Crippen molar-refractivity contribution in [1.82, 2.24) is 8.61 Å². The first kappa shape index (κ1) is 18.6. The number of anilines is 1. The van der Waals surface area contributed by atoms with Crippen molar-refractivity contribution in [2.45, 2.75) is 19.9 Å². The average Bonchev–Trinajstić information content (AvgIpc) is 2.59. The van der Waals surface area contributed by atoms with Crippen molar-refractivity contribution in [3.8, 4) is 0 Å². The molecule has 0 radical (unpaired) electrons. The van der Waals surface area contributed by atoms with Crippen molar-refractivity contribution >= 4 is 21.8 Å². The first-order valence-electron chi connectivity index (χ1n) is 8.61. The van der Waals surface area contributed by atoms with Gasteiger partial charge < -0.3 is 5.32 Å². The van der Waals surface area contributed by atoms with E-state index in [0.717, 1.165) is 11.1 Å². The third kappa shape index (κ3) is 4.49. The van der Waals surface area contributed by atoms with Crippen LogP contribution in [0.1, 0.15) is 17.5 Å². The molecule has 26 heavy (non-hydrogen) atoms. The zero-order valence-electron chi connectivity index (χ0n) is 14.8. The Bertz CT molecular complexity index is 869. The molecule has 2 aromatic carbocycles. The molecule has 2 aromatic rings. The molecule has 1 N–H and O–H groups in total. The second kappa shape index (κ2) is 7.99. The van der Waals surface area contributed by atoms with E-state index in [2.05, 4.69) is 5.32 Å². The molecular weight excluding hydrogens is 350 g/mol. The van der Waals surface area contributed by atoms with Crippen LogP contribution in [0.2, 0.25) is 0 Å². The smallest absolute Gasteiger partial charge is 0.282 e. The highest BCUT2D eigenvalue weighted by molar-refractivity contribution is 7.86. The summed E-state index contributed by atoms with van der Waals surface area (Å²) in [4.78, 5) is 12.2. The Morgan fingerprint density at radius 1 is 1.04 bits per heavy atom. The van der Waals surface area contributed by atoms with E-state index in [4.69, 9.17) is 0 Å².